The van der Waals surface area contributed by atoms with Gasteiger partial charge in [-0.25, -0.2) is 0 Å². The molecule has 0 aromatic heterocycles. The van der Waals surface area contributed by atoms with Gasteiger partial charge in [-0.15, -0.1) is 0 Å². The fraction of sp³-hybridized carbons (Fsp3) is 0.733. The Kier molecular flexibility index (Phi) is 9.60. The Morgan fingerprint density at radius 2 is 1.39 bits per heavy atom. The second-order valence-electron chi connectivity index (χ2n) is 5.79. The Balaban J connectivity index is 4.72. The highest BCUT2D eigenvalue weighted by molar-refractivity contribution is 5.89. The van der Waals surface area contributed by atoms with E-state index >= 15 is 0 Å². The number of nitrogens with one attached hydrogen (secondary N) is 2. The Morgan fingerprint density at radius 1 is 0.870 bits per heavy atom. The molecule has 0 spiro atoms. The highest BCUT2D eigenvalue weighted by Crippen LogP contribution is 2.07. The lowest BCUT2D eigenvalue weighted by molar-refractivity contribution is -0.132. The van der Waals surface area contributed by atoms with Gasteiger partial charge in [0.15, 0.2) is 0 Å². The Morgan fingerprint density at radius 3 is 1.87 bits per heavy atom. The molecule has 0 saturated heterocycles. The summed E-state index contributed by atoms with van der Waals surface area (Å²) in [4.78, 5) is 46.0. The summed E-state index contributed by atoms with van der Waals surface area (Å²) in [6.07, 6.45) is 1.27. The summed E-state index contributed by atoms with van der Waals surface area (Å²) in [6, 6.07) is -0.872. The van der Waals surface area contributed by atoms with Crippen molar-refractivity contribution in [3.8, 4) is 0 Å². The monoisotopic (exact) mass is 328 g/mol. The predicted octanol–water partition coefficient (Wildman–Crippen LogP) is -0.447. The van der Waals surface area contributed by atoms with Gasteiger partial charge in [0.2, 0.25) is 23.6 Å². The first kappa shape index (κ1) is 20.9. The van der Waals surface area contributed by atoms with Crippen molar-refractivity contribution in [3.05, 3.63) is 0 Å². The maximum absolute atomic E-state index is 12.2. The van der Waals surface area contributed by atoms with E-state index in [9.17, 15) is 19.2 Å². The van der Waals surface area contributed by atoms with E-state index in [1.807, 2.05) is 13.8 Å². The van der Waals surface area contributed by atoms with Gasteiger partial charge in [-0.05, 0) is 26.2 Å². The van der Waals surface area contributed by atoms with Crippen molar-refractivity contribution in [1.29, 1.82) is 0 Å². The van der Waals surface area contributed by atoms with Crippen molar-refractivity contribution in [2.45, 2.75) is 65.0 Å². The molecule has 0 aliphatic carbocycles. The molecule has 8 heteroatoms. The van der Waals surface area contributed by atoms with Gasteiger partial charge in [-0.3, -0.25) is 19.2 Å². The molecule has 0 aromatic rings. The van der Waals surface area contributed by atoms with Crippen LogP contribution in [0.25, 0.3) is 0 Å². The van der Waals surface area contributed by atoms with E-state index in [-0.39, 0.29) is 37.1 Å². The lowest BCUT2D eigenvalue weighted by Crippen LogP contribution is -2.50. The molecule has 0 saturated carbocycles. The number of primary amides is 2. The van der Waals surface area contributed by atoms with Crippen molar-refractivity contribution >= 4 is 23.6 Å². The molecule has 0 radical (unpaired) electrons. The molecule has 0 bridgehead atoms. The van der Waals surface area contributed by atoms with E-state index in [2.05, 4.69) is 10.6 Å². The topological polar surface area (TPSA) is 144 Å². The summed E-state index contributed by atoms with van der Waals surface area (Å²) in [6.45, 7) is 5.42. The largest absolute Gasteiger partial charge is 0.370 e. The van der Waals surface area contributed by atoms with E-state index in [1.54, 1.807) is 6.92 Å². The Hall–Kier alpha value is -2.12. The first-order valence-electron chi connectivity index (χ1n) is 7.84. The van der Waals surface area contributed by atoms with E-state index in [4.69, 9.17) is 11.5 Å². The SMILES string of the molecule is CCC(C)NC(=O)C(CCC(N)=O)NC(=O)C(C)CCC(N)=O. The molecule has 3 atom stereocenters. The van der Waals surface area contributed by atoms with Gasteiger partial charge >= 0.3 is 0 Å². The first-order valence-corrected chi connectivity index (χ1v) is 7.84. The van der Waals surface area contributed by atoms with Gasteiger partial charge in [-0.2, -0.15) is 0 Å². The number of hydrogen-bond donors (Lipinski definition) is 4. The quantitative estimate of drug-likeness (QED) is 0.407. The first-order chi connectivity index (χ1) is 10.7. The fourth-order valence-electron chi connectivity index (χ4n) is 1.80. The molecule has 3 unspecified atom stereocenters. The summed E-state index contributed by atoms with van der Waals surface area (Å²) in [5, 5.41) is 5.38. The summed E-state index contributed by atoms with van der Waals surface area (Å²) in [7, 11) is 0. The minimum Gasteiger partial charge on any atom is -0.370 e. The number of amides is 4. The van der Waals surface area contributed by atoms with Crippen molar-refractivity contribution in [1.82, 2.24) is 10.6 Å². The summed E-state index contributed by atoms with van der Waals surface area (Å²) >= 11 is 0. The van der Waals surface area contributed by atoms with Crippen LogP contribution in [0.1, 0.15) is 52.9 Å². The number of carbonyl (C=O) groups excluding carboxylic acids is 4. The molecular weight excluding hydrogens is 300 g/mol. The van der Waals surface area contributed by atoms with Crippen LogP contribution in [-0.4, -0.2) is 35.7 Å². The Labute approximate surface area is 136 Å². The van der Waals surface area contributed by atoms with E-state index < -0.39 is 23.8 Å². The van der Waals surface area contributed by atoms with Crippen LogP contribution in [0.4, 0.5) is 0 Å². The second-order valence-corrected chi connectivity index (χ2v) is 5.79. The summed E-state index contributed by atoms with van der Waals surface area (Å²) in [5.74, 6) is -2.20. The van der Waals surface area contributed by atoms with Crippen LogP contribution in [0.3, 0.4) is 0 Å². The zero-order chi connectivity index (χ0) is 18.0. The van der Waals surface area contributed by atoms with Crippen LogP contribution in [0.5, 0.6) is 0 Å². The van der Waals surface area contributed by atoms with Crippen LogP contribution < -0.4 is 22.1 Å². The summed E-state index contributed by atoms with van der Waals surface area (Å²) in [5.41, 5.74) is 10.2. The minimum absolute atomic E-state index is 0.00542. The van der Waals surface area contributed by atoms with E-state index in [1.165, 1.54) is 0 Å². The predicted molar refractivity (Wildman–Crippen MR) is 85.8 cm³/mol. The van der Waals surface area contributed by atoms with Crippen molar-refractivity contribution in [2.75, 3.05) is 0 Å². The van der Waals surface area contributed by atoms with Crippen LogP contribution >= 0.6 is 0 Å². The smallest absolute Gasteiger partial charge is 0.242 e. The summed E-state index contributed by atoms with van der Waals surface area (Å²) < 4.78 is 0. The van der Waals surface area contributed by atoms with Gasteiger partial charge < -0.3 is 22.1 Å². The minimum atomic E-state index is -0.833. The van der Waals surface area contributed by atoms with Crippen molar-refractivity contribution in [3.63, 3.8) is 0 Å². The lowest BCUT2D eigenvalue weighted by atomic mass is 10.0. The second kappa shape index (κ2) is 10.6. The average molecular weight is 328 g/mol. The fourth-order valence-corrected chi connectivity index (χ4v) is 1.80. The normalized spacial score (nSPS) is 14.4. The number of rotatable bonds is 11. The maximum Gasteiger partial charge on any atom is 0.242 e. The molecule has 0 fully saturated rings. The van der Waals surface area contributed by atoms with Crippen LogP contribution in [0.15, 0.2) is 0 Å². The molecule has 8 nitrogen and oxygen atoms in total. The molecule has 4 amide bonds. The molecular formula is C15H28N4O4. The van der Waals surface area contributed by atoms with Gasteiger partial charge in [0, 0.05) is 24.8 Å². The van der Waals surface area contributed by atoms with Crippen LogP contribution in [-0.2, 0) is 19.2 Å². The molecule has 6 N–H and O–H groups in total. The van der Waals surface area contributed by atoms with Crippen molar-refractivity contribution < 1.29 is 19.2 Å². The highest BCUT2D eigenvalue weighted by Gasteiger charge is 2.24. The van der Waals surface area contributed by atoms with E-state index in [0.717, 1.165) is 6.42 Å². The third kappa shape index (κ3) is 9.49. The highest BCUT2D eigenvalue weighted by atomic mass is 16.2. The standard InChI is InChI=1S/C15H28N4O4/c1-4-10(3)18-15(23)11(6-8-13(17)21)19-14(22)9(2)5-7-12(16)20/h9-11H,4-8H2,1-3H3,(H2,16,20)(H2,17,21)(H,18,23)(H,19,22). The molecule has 0 rings (SSSR count). The molecule has 132 valence electrons. The third-order valence-corrected chi connectivity index (χ3v) is 3.58. The number of carbonyl (C=O) groups is 4. The molecule has 0 aliphatic heterocycles. The van der Waals surface area contributed by atoms with Crippen LogP contribution in [0, 0.1) is 5.92 Å². The van der Waals surface area contributed by atoms with Gasteiger partial charge in [0.05, 0.1) is 0 Å². The van der Waals surface area contributed by atoms with Crippen molar-refractivity contribution in [2.24, 2.45) is 17.4 Å². The maximum atomic E-state index is 12.2. The van der Waals surface area contributed by atoms with Gasteiger partial charge in [0.25, 0.3) is 0 Å². The third-order valence-electron chi connectivity index (χ3n) is 3.58. The molecule has 0 aliphatic rings. The number of hydrogen-bond acceptors (Lipinski definition) is 4. The lowest BCUT2D eigenvalue weighted by Gasteiger charge is -2.22. The van der Waals surface area contributed by atoms with E-state index in [0.29, 0.717) is 6.42 Å². The molecule has 23 heavy (non-hydrogen) atoms. The molecule has 0 heterocycles. The Bertz CT molecular complexity index is 439. The zero-order valence-electron chi connectivity index (χ0n) is 14.1. The van der Waals surface area contributed by atoms with Crippen LogP contribution in [0.2, 0.25) is 0 Å². The average Bonchev–Trinajstić information content (AvgIpc) is 2.47. The van der Waals surface area contributed by atoms with Gasteiger partial charge in [0.1, 0.15) is 6.04 Å². The number of nitrogens with two attached hydrogens (primary N) is 2. The van der Waals surface area contributed by atoms with Gasteiger partial charge in [-0.1, -0.05) is 13.8 Å². The zero-order valence-corrected chi connectivity index (χ0v) is 14.1. The molecule has 0 aromatic carbocycles.